The zero-order valence-electron chi connectivity index (χ0n) is 10.4. The van der Waals surface area contributed by atoms with Crippen molar-refractivity contribution in [2.45, 2.75) is 44.2 Å². The number of carbonyl (C=O) groups is 2. The number of carbonyl (C=O) groups excluding carboxylic acids is 2. The summed E-state index contributed by atoms with van der Waals surface area (Å²) in [4.78, 5) is 22.0. The van der Waals surface area contributed by atoms with Crippen LogP contribution in [0.5, 0.6) is 0 Å². The van der Waals surface area contributed by atoms with Crippen molar-refractivity contribution >= 4 is 11.9 Å². The van der Waals surface area contributed by atoms with Gasteiger partial charge in [0.05, 0.1) is 12.7 Å². The Labute approximate surface area is 105 Å². The van der Waals surface area contributed by atoms with E-state index in [1.807, 2.05) is 0 Å². The van der Waals surface area contributed by atoms with Crippen LogP contribution in [0.25, 0.3) is 0 Å². The molecule has 2 heterocycles. The van der Waals surface area contributed by atoms with Crippen LogP contribution in [-0.2, 0) is 28.5 Å². The van der Waals surface area contributed by atoms with Gasteiger partial charge in [0.25, 0.3) is 0 Å². The van der Waals surface area contributed by atoms with E-state index in [1.54, 1.807) is 0 Å². The maximum absolute atomic E-state index is 11.1. The fourth-order valence-corrected chi connectivity index (χ4v) is 3.07. The van der Waals surface area contributed by atoms with E-state index in [0.717, 1.165) is 6.42 Å². The minimum atomic E-state index is -0.501. The van der Waals surface area contributed by atoms with E-state index in [-0.39, 0.29) is 42.8 Å². The Kier molecular flexibility index (Phi) is 2.60. The molecule has 2 saturated heterocycles. The predicted octanol–water partition coefficient (Wildman–Crippen LogP) is 0.0375. The second kappa shape index (κ2) is 3.93. The van der Waals surface area contributed by atoms with Crippen LogP contribution >= 0.6 is 0 Å². The zero-order valence-corrected chi connectivity index (χ0v) is 10.4. The lowest BCUT2D eigenvalue weighted by atomic mass is 9.79. The summed E-state index contributed by atoms with van der Waals surface area (Å²) < 4.78 is 21.7. The maximum atomic E-state index is 11.1. The molecular formula is C12H16O6. The van der Waals surface area contributed by atoms with Crippen LogP contribution in [0.1, 0.15) is 20.3 Å². The van der Waals surface area contributed by atoms with Crippen molar-refractivity contribution in [3.8, 4) is 0 Å². The molecule has 18 heavy (non-hydrogen) atoms. The molecule has 3 aliphatic rings. The molecule has 0 radical (unpaired) electrons. The number of fused-ring (bicyclic) bond motifs is 4. The topological polar surface area (TPSA) is 74.4 Å². The van der Waals surface area contributed by atoms with Crippen LogP contribution in [0.3, 0.4) is 0 Å². The normalized spacial score (nSPS) is 44.1. The van der Waals surface area contributed by atoms with E-state index in [9.17, 15) is 9.59 Å². The first-order chi connectivity index (χ1) is 8.53. The van der Waals surface area contributed by atoms with Crippen LogP contribution in [-0.4, -0.2) is 49.1 Å². The average molecular weight is 256 g/mol. The third-order valence-electron chi connectivity index (χ3n) is 3.96. The summed E-state index contributed by atoms with van der Waals surface area (Å²) >= 11 is 0. The Morgan fingerprint density at radius 2 is 2.11 bits per heavy atom. The fraction of sp³-hybridized carbons (Fsp3) is 0.833. The highest BCUT2D eigenvalue weighted by Crippen LogP contribution is 2.56. The summed E-state index contributed by atoms with van der Waals surface area (Å²) in [6, 6.07) is 0. The molecule has 1 aliphatic carbocycles. The number of rotatable bonds is 3. The van der Waals surface area contributed by atoms with Crippen LogP contribution in [0, 0.1) is 5.92 Å². The molecule has 5 atom stereocenters. The number of epoxide rings is 1. The molecule has 3 rings (SSSR count). The highest BCUT2D eigenvalue weighted by molar-refractivity contribution is 5.67. The van der Waals surface area contributed by atoms with E-state index >= 15 is 0 Å². The third-order valence-corrected chi connectivity index (χ3v) is 3.96. The molecule has 3 fully saturated rings. The quantitative estimate of drug-likeness (QED) is 0.524. The lowest BCUT2D eigenvalue weighted by molar-refractivity contribution is -0.154. The van der Waals surface area contributed by atoms with E-state index in [0.29, 0.717) is 6.61 Å². The van der Waals surface area contributed by atoms with Gasteiger partial charge in [0, 0.05) is 19.8 Å². The molecule has 0 amide bonds. The minimum absolute atomic E-state index is 0.0862. The second-order valence-electron chi connectivity index (χ2n) is 5.15. The molecule has 0 aromatic heterocycles. The van der Waals surface area contributed by atoms with Gasteiger partial charge in [-0.1, -0.05) is 0 Å². The molecule has 0 unspecified atom stereocenters. The first-order valence-electron chi connectivity index (χ1n) is 6.13. The van der Waals surface area contributed by atoms with E-state index in [2.05, 4.69) is 0 Å². The maximum Gasteiger partial charge on any atom is 0.303 e. The Bertz CT molecular complexity index is 394. The lowest BCUT2D eigenvalue weighted by Gasteiger charge is -2.28. The Balaban J connectivity index is 1.74. The molecule has 0 aromatic rings. The van der Waals surface area contributed by atoms with Crippen molar-refractivity contribution in [1.29, 1.82) is 0 Å². The predicted molar refractivity (Wildman–Crippen MR) is 57.6 cm³/mol. The first kappa shape index (κ1) is 11.9. The van der Waals surface area contributed by atoms with Gasteiger partial charge >= 0.3 is 11.9 Å². The van der Waals surface area contributed by atoms with Gasteiger partial charge in [-0.3, -0.25) is 9.59 Å². The molecule has 2 aliphatic heterocycles. The summed E-state index contributed by atoms with van der Waals surface area (Å²) in [6.07, 6.45) is 0.121. The zero-order chi connectivity index (χ0) is 12.9. The van der Waals surface area contributed by atoms with Crippen molar-refractivity contribution in [3.63, 3.8) is 0 Å². The van der Waals surface area contributed by atoms with Gasteiger partial charge < -0.3 is 18.9 Å². The SMILES string of the molecule is CC(=O)OC[C@@]12O[C@@H]1[C@H](OC(C)=O)[C@@H]1C[C@H]2CO1. The van der Waals surface area contributed by atoms with E-state index in [4.69, 9.17) is 18.9 Å². The fourth-order valence-electron chi connectivity index (χ4n) is 3.07. The molecule has 1 saturated carbocycles. The molecule has 2 bridgehead atoms. The lowest BCUT2D eigenvalue weighted by Crippen LogP contribution is -2.46. The first-order valence-corrected chi connectivity index (χ1v) is 6.13. The molecule has 6 nitrogen and oxygen atoms in total. The molecule has 0 N–H and O–H groups in total. The smallest absolute Gasteiger partial charge is 0.303 e. The molecular weight excluding hydrogens is 240 g/mol. The largest absolute Gasteiger partial charge is 0.463 e. The second-order valence-corrected chi connectivity index (χ2v) is 5.15. The molecule has 100 valence electrons. The van der Waals surface area contributed by atoms with Gasteiger partial charge in [0.2, 0.25) is 0 Å². The highest BCUT2D eigenvalue weighted by atomic mass is 16.7. The summed E-state index contributed by atoms with van der Waals surface area (Å²) in [5, 5.41) is 0. The third kappa shape index (κ3) is 1.71. The molecule has 0 spiro atoms. The summed E-state index contributed by atoms with van der Waals surface area (Å²) in [7, 11) is 0. The number of hydrogen-bond acceptors (Lipinski definition) is 6. The summed E-state index contributed by atoms with van der Waals surface area (Å²) in [5.74, 6) is -0.451. The molecule has 0 aromatic carbocycles. The van der Waals surface area contributed by atoms with Gasteiger partial charge in [-0.25, -0.2) is 0 Å². The Morgan fingerprint density at radius 1 is 1.33 bits per heavy atom. The number of esters is 2. The van der Waals surface area contributed by atoms with Gasteiger partial charge in [-0.15, -0.1) is 0 Å². The highest BCUT2D eigenvalue weighted by Gasteiger charge is 2.73. The van der Waals surface area contributed by atoms with Crippen molar-refractivity contribution in [3.05, 3.63) is 0 Å². The molecule has 6 heteroatoms. The van der Waals surface area contributed by atoms with Gasteiger partial charge in [-0.05, 0) is 6.42 Å². The van der Waals surface area contributed by atoms with Crippen molar-refractivity contribution < 1.29 is 28.5 Å². The van der Waals surface area contributed by atoms with Crippen molar-refractivity contribution in [2.24, 2.45) is 5.92 Å². The van der Waals surface area contributed by atoms with Gasteiger partial charge in [0.1, 0.15) is 18.3 Å². The summed E-state index contributed by atoms with van der Waals surface area (Å²) in [5.41, 5.74) is -0.501. The van der Waals surface area contributed by atoms with E-state index in [1.165, 1.54) is 13.8 Å². The average Bonchev–Trinajstić information content (AvgIpc) is 2.86. The van der Waals surface area contributed by atoms with Crippen LogP contribution < -0.4 is 0 Å². The summed E-state index contributed by atoms with van der Waals surface area (Å²) in [6.45, 7) is 3.53. The number of hydrogen-bond donors (Lipinski definition) is 0. The van der Waals surface area contributed by atoms with E-state index < -0.39 is 5.60 Å². The van der Waals surface area contributed by atoms with Crippen LogP contribution in [0.15, 0.2) is 0 Å². The number of ether oxygens (including phenoxy) is 4. The Hall–Kier alpha value is -1.14. The van der Waals surface area contributed by atoms with Crippen molar-refractivity contribution in [2.75, 3.05) is 13.2 Å². The van der Waals surface area contributed by atoms with Crippen LogP contribution in [0.2, 0.25) is 0 Å². The van der Waals surface area contributed by atoms with Crippen molar-refractivity contribution in [1.82, 2.24) is 0 Å². The monoisotopic (exact) mass is 256 g/mol. The standard InChI is InChI=1S/C12H16O6/c1-6(13)16-5-12-8-3-9(15-4-8)10(11(12)18-12)17-7(2)14/h8-11H,3-5H2,1-2H3/t8-,9-,10+,11+,12-/m0/s1. The van der Waals surface area contributed by atoms with Crippen LogP contribution in [0.4, 0.5) is 0 Å². The Morgan fingerprint density at radius 3 is 2.78 bits per heavy atom. The minimum Gasteiger partial charge on any atom is -0.463 e. The van der Waals surface area contributed by atoms with Gasteiger partial charge in [-0.2, -0.15) is 0 Å². The van der Waals surface area contributed by atoms with Gasteiger partial charge in [0.15, 0.2) is 6.10 Å².